The molecule has 3 atom stereocenters. The molecule has 4 nitrogen and oxygen atoms in total. The molecule has 1 aromatic heterocycles. The zero-order chi connectivity index (χ0) is 13.3. The van der Waals surface area contributed by atoms with Crippen molar-refractivity contribution in [2.24, 2.45) is 11.8 Å². The number of aliphatic carboxylic acids is 1. The van der Waals surface area contributed by atoms with Gasteiger partial charge in [-0.2, -0.15) is 0 Å². The lowest BCUT2D eigenvalue weighted by Crippen LogP contribution is -2.35. The van der Waals surface area contributed by atoms with Crippen LogP contribution in [0.15, 0.2) is 12.1 Å². The Morgan fingerprint density at radius 1 is 1.50 bits per heavy atom. The number of carboxylic acid groups (broad SMARTS) is 1. The molecule has 1 heterocycles. The summed E-state index contributed by atoms with van der Waals surface area (Å²) < 4.78 is 0. The van der Waals surface area contributed by atoms with Gasteiger partial charge in [-0.3, -0.25) is 9.59 Å². The van der Waals surface area contributed by atoms with Crippen LogP contribution in [0.4, 0.5) is 0 Å². The summed E-state index contributed by atoms with van der Waals surface area (Å²) in [6.07, 6.45) is 1.28. The fourth-order valence-corrected chi connectivity index (χ4v) is 3.07. The molecule has 98 valence electrons. The maximum atomic E-state index is 11.8. The third-order valence-electron chi connectivity index (χ3n) is 3.14. The summed E-state index contributed by atoms with van der Waals surface area (Å²) in [6, 6.07) is 4.18. The van der Waals surface area contributed by atoms with Crippen LogP contribution in [0.25, 0.3) is 0 Å². The topological polar surface area (TPSA) is 66.4 Å². The first-order valence-electron chi connectivity index (χ1n) is 6.06. The zero-order valence-electron chi connectivity index (χ0n) is 10.5. The lowest BCUT2D eigenvalue weighted by Gasteiger charge is -2.12. The Labute approximate surface area is 110 Å². The van der Waals surface area contributed by atoms with Crippen LogP contribution < -0.4 is 5.32 Å². The molecule has 1 fully saturated rings. The largest absolute Gasteiger partial charge is 0.481 e. The van der Waals surface area contributed by atoms with Gasteiger partial charge in [0.25, 0.3) is 0 Å². The molecule has 0 spiro atoms. The normalized spacial score (nSPS) is 23.4. The van der Waals surface area contributed by atoms with Crippen molar-refractivity contribution in [2.45, 2.75) is 32.7 Å². The van der Waals surface area contributed by atoms with Gasteiger partial charge >= 0.3 is 5.97 Å². The highest BCUT2D eigenvalue weighted by Crippen LogP contribution is 2.38. The van der Waals surface area contributed by atoms with E-state index in [0.717, 1.165) is 6.42 Å². The van der Waals surface area contributed by atoms with Crippen LogP contribution >= 0.6 is 11.3 Å². The van der Waals surface area contributed by atoms with Gasteiger partial charge in [-0.25, -0.2) is 0 Å². The molecule has 0 saturated heterocycles. The molecule has 1 aliphatic rings. The van der Waals surface area contributed by atoms with Crippen molar-refractivity contribution in [3.05, 3.63) is 21.9 Å². The standard InChI is InChI=1S/C13H17NO3S/c1-7(5-9-4-3-8(2)18-9)14-12(15)10-6-11(10)13(16)17/h3-4,7,10-11H,5-6H2,1-2H3,(H,14,15)(H,16,17)/t7-,10-,11+/m0/s1. The van der Waals surface area contributed by atoms with Crippen LogP contribution in [0.1, 0.15) is 23.1 Å². The van der Waals surface area contributed by atoms with E-state index < -0.39 is 11.9 Å². The number of carbonyl (C=O) groups excluding carboxylic acids is 1. The van der Waals surface area contributed by atoms with E-state index in [1.54, 1.807) is 11.3 Å². The van der Waals surface area contributed by atoms with Crippen LogP contribution in [-0.2, 0) is 16.0 Å². The second kappa shape index (κ2) is 5.10. The van der Waals surface area contributed by atoms with E-state index in [-0.39, 0.29) is 17.9 Å². The Bertz CT molecular complexity index is 469. The maximum absolute atomic E-state index is 11.8. The molecule has 2 N–H and O–H groups in total. The number of carbonyl (C=O) groups is 2. The van der Waals surface area contributed by atoms with E-state index >= 15 is 0 Å². The molecule has 0 aromatic carbocycles. The van der Waals surface area contributed by atoms with Crippen molar-refractivity contribution in [3.8, 4) is 0 Å². The number of hydrogen-bond donors (Lipinski definition) is 2. The first kappa shape index (κ1) is 13.1. The average Bonchev–Trinajstić information content (AvgIpc) is 2.98. The minimum atomic E-state index is -0.864. The Kier molecular flexibility index (Phi) is 3.71. The van der Waals surface area contributed by atoms with E-state index in [4.69, 9.17) is 5.11 Å². The third-order valence-corrected chi connectivity index (χ3v) is 4.16. The highest BCUT2D eigenvalue weighted by Gasteiger charge is 2.48. The molecule has 18 heavy (non-hydrogen) atoms. The third kappa shape index (κ3) is 3.10. The summed E-state index contributed by atoms with van der Waals surface area (Å²) in [5.74, 6) is -1.78. The van der Waals surface area contributed by atoms with Gasteiger partial charge in [-0.15, -0.1) is 11.3 Å². The highest BCUT2D eigenvalue weighted by molar-refractivity contribution is 7.11. The molecule has 0 unspecified atom stereocenters. The predicted molar refractivity (Wildman–Crippen MR) is 69.6 cm³/mol. The lowest BCUT2D eigenvalue weighted by molar-refractivity contribution is -0.140. The van der Waals surface area contributed by atoms with Crippen molar-refractivity contribution in [3.63, 3.8) is 0 Å². The van der Waals surface area contributed by atoms with Crippen LogP contribution in [0.5, 0.6) is 0 Å². The first-order chi connectivity index (χ1) is 8.47. The molecule has 2 rings (SSSR count). The molecule has 1 amide bonds. The first-order valence-corrected chi connectivity index (χ1v) is 6.87. The average molecular weight is 267 g/mol. The second-order valence-electron chi connectivity index (χ2n) is 4.91. The minimum absolute atomic E-state index is 0.0468. The summed E-state index contributed by atoms with van der Waals surface area (Å²) in [5.41, 5.74) is 0. The van der Waals surface area contributed by atoms with Gasteiger partial charge in [0.05, 0.1) is 11.8 Å². The van der Waals surface area contributed by atoms with Gasteiger partial charge in [0.2, 0.25) is 5.91 Å². The smallest absolute Gasteiger partial charge is 0.307 e. The van der Waals surface area contributed by atoms with Gasteiger partial charge < -0.3 is 10.4 Å². The summed E-state index contributed by atoms with van der Waals surface area (Å²) in [7, 11) is 0. The summed E-state index contributed by atoms with van der Waals surface area (Å²) >= 11 is 1.73. The van der Waals surface area contributed by atoms with Crippen molar-refractivity contribution in [2.75, 3.05) is 0 Å². The zero-order valence-corrected chi connectivity index (χ0v) is 11.3. The van der Waals surface area contributed by atoms with Crippen molar-refractivity contribution in [1.29, 1.82) is 0 Å². The molecule has 1 aliphatic carbocycles. The second-order valence-corrected chi connectivity index (χ2v) is 6.29. The quantitative estimate of drug-likeness (QED) is 0.855. The number of carboxylic acids is 1. The predicted octanol–water partition coefficient (Wildman–Crippen LogP) is 1.82. The Hall–Kier alpha value is -1.36. The highest BCUT2D eigenvalue weighted by atomic mass is 32.1. The Morgan fingerprint density at radius 3 is 2.72 bits per heavy atom. The number of rotatable bonds is 5. The lowest BCUT2D eigenvalue weighted by atomic mass is 10.2. The molecule has 1 aromatic rings. The van der Waals surface area contributed by atoms with E-state index in [1.165, 1.54) is 9.75 Å². The van der Waals surface area contributed by atoms with Gasteiger partial charge in [-0.05, 0) is 32.4 Å². The number of thiophene rings is 1. The number of hydrogen-bond acceptors (Lipinski definition) is 3. The molecule has 0 bridgehead atoms. The summed E-state index contributed by atoms with van der Waals surface area (Å²) in [4.78, 5) is 24.9. The Morgan fingerprint density at radius 2 is 2.22 bits per heavy atom. The van der Waals surface area contributed by atoms with Crippen molar-refractivity contribution >= 4 is 23.2 Å². The van der Waals surface area contributed by atoms with Gasteiger partial charge in [0.15, 0.2) is 0 Å². The van der Waals surface area contributed by atoms with Gasteiger partial charge in [-0.1, -0.05) is 0 Å². The van der Waals surface area contributed by atoms with E-state index in [1.807, 2.05) is 6.92 Å². The monoisotopic (exact) mass is 267 g/mol. The Balaban J connectivity index is 1.79. The van der Waals surface area contributed by atoms with Crippen LogP contribution in [0.2, 0.25) is 0 Å². The van der Waals surface area contributed by atoms with Gasteiger partial charge in [0, 0.05) is 22.2 Å². The fraction of sp³-hybridized carbons (Fsp3) is 0.538. The molecular weight excluding hydrogens is 250 g/mol. The van der Waals surface area contributed by atoms with Crippen molar-refractivity contribution < 1.29 is 14.7 Å². The minimum Gasteiger partial charge on any atom is -0.481 e. The summed E-state index contributed by atoms with van der Waals surface area (Å²) in [6.45, 7) is 4.00. The molecule has 1 saturated carbocycles. The number of aryl methyl sites for hydroxylation is 1. The number of nitrogens with one attached hydrogen (secondary N) is 1. The fourth-order valence-electron chi connectivity index (χ4n) is 2.06. The van der Waals surface area contributed by atoms with E-state index in [2.05, 4.69) is 24.4 Å². The molecule has 0 aliphatic heterocycles. The molecule has 5 heteroatoms. The van der Waals surface area contributed by atoms with Crippen LogP contribution in [-0.4, -0.2) is 23.0 Å². The molecular formula is C13H17NO3S. The van der Waals surface area contributed by atoms with E-state index in [0.29, 0.717) is 6.42 Å². The van der Waals surface area contributed by atoms with Crippen LogP contribution in [0.3, 0.4) is 0 Å². The number of amides is 1. The van der Waals surface area contributed by atoms with Crippen LogP contribution in [0, 0.1) is 18.8 Å². The molecule has 0 radical (unpaired) electrons. The SMILES string of the molecule is Cc1ccc(C[C@H](C)NC(=O)[C@H]2C[C@H]2C(=O)O)s1. The summed E-state index contributed by atoms with van der Waals surface area (Å²) in [5, 5.41) is 11.7. The van der Waals surface area contributed by atoms with Crippen molar-refractivity contribution in [1.82, 2.24) is 5.32 Å². The van der Waals surface area contributed by atoms with E-state index in [9.17, 15) is 9.59 Å². The maximum Gasteiger partial charge on any atom is 0.307 e. The van der Waals surface area contributed by atoms with Gasteiger partial charge in [0.1, 0.15) is 0 Å².